The molecule has 0 saturated carbocycles. The average Bonchev–Trinajstić information content (AvgIpc) is 2.88. The van der Waals surface area contributed by atoms with Crippen LogP contribution in [0, 0.1) is 10.1 Å². The van der Waals surface area contributed by atoms with Crippen LogP contribution in [0.3, 0.4) is 0 Å². The number of urea groups is 1. The Morgan fingerprint density at radius 3 is 2.75 bits per heavy atom. The zero-order valence-corrected chi connectivity index (χ0v) is 10.5. The molecule has 1 aromatic carbocycles. The van der Waals surface area contributed by atoms with Gasteiger partial charge in [0.05, 0.1) is 4.92 Å². The maximum atomic E-state index is 12.0. The number of carbonyl (C=O) groups is 2. The van der Waals surface area contributed by atoms with Gasteiger partial charge in [0.1, 0.15) is 11.7 Å². The van der Waals surface area contributed by atoms with Crippen molar-refractivity contribution >= 4 is 23.4 Å². The molecule has 0 aromatic heterocycles. The van der Waals surface area contributed by atoms with E-state index in [4.69, 9.17) is 5.11 Å². The lowest BCUT2D eigenvalue weighted by Gasteiger charge is -2.21. The molecule has 1 aliphatic heterocycles. The standard InChI is InChI=1S/C12H13N3O5/c16-11(17)10-6-3-7-14(10)12(18)13-8-4-1-2-5-9(8)15(19)20/h1-2,4-5,10H,3,6-7H2,(H,13,18)(H,16,17). The smallest absolute Gasteiger partial charge is 0.326 e. The minimum absolute atomic E-state index is 0.0542. The summed E-state index contributed by atoms with van der Waals surface area (Å²) in [5.41, 5.74) is -0.175. The van der Waals surface area contributed by atoms with Crippen molar-refractivity contribution in [3.8, 4) is 0 Å². The highest BCUT2D eigenvalue weighted by Crippen LogP contribution is 2.25. The van der Waals surface area contributed by atoms with Gasteiger partial charge in [0.25, 0.3) is 5.69 Å². The third kappa shape index (κ3) is 2.68. The SMILES string of the molecule is O=C(O)C1CCCN1C(=O)Nc1ccccc1[N+](=O)[O-]. The summed E-state index contributed by atoms with van der Waals surface area (Å²) in [6.45, 7) is 0.323. The molecule has 0 aliphatic carbocycles. The lowest BCUT2D eigenvalue weighted by atomic mass is 10.2. The van der Waals surface area contributed by atoms with Crippen LogP contribution < -0.4 is 5.32 Å². The Kier molecular flexibility index (Phi) is 3.83. The van der Waals surface area contributed by atoms with Gasteiger partial charge in [-0.1, -0.05) is 12.1 Å². The van der Waals surface area contributed by atoms with Gasteiger partial charge in [-0.2, -0.15) is 0 Å². The molecule has 0 spiro atoms. The molecule has 0 radical (unpaired) electrons. The van der Waals surface area contributed by atoms with Gasteiger partial charge in [0, 0.05) is 12.6 Å². The summed E-state index contributed by atoms with van der Waals surface area (Å²) >= 11 is 0. The number of amides is 2. The first-order chi connectivity index (χ1) is 9.50. The number of anilines is 1. The maximum Gasteiger partial charge on any atom is 0.326 e. The van der Waals surface area contributed by atoms with Crippen molar-refractivity contribution in [3.05, 3.63) is 34.4 Å². The average molecular weight is 279 g/mol. The van der Waals surface area contributed by atoms with Gasteiger partial charge in [-0.3, -0.25) is 10.1 Å². The first kappa shape index (κ1) is 13.8. The van der Waals surface area contributed by atoms with Crippen LogP contribution >= 0.6 is 0 Å². The highest BCUT2D eigenvalue weighted by Gasteiger charge is 2.34. The van der Waals surface area contributed by atoms with Crippen LogP contribution in [0.2, 0.25) is 0 Å². The molecule has 1 saturated heterocycles. The Labute approximate surface area is 114 Å². The van der Waals surface area contributed by atoms with Gasteiger partial charge in [-0.25, -0.2) is 9.59 Å². The molecule has 0 bridgehead atoms. The van der Waals surface area contributed by atoms with Gasteiger partial charge in [-0.15, -0.1) is 0 Å². The number of likely N-dealkylation sites (tertiary alicyclic amines) is 1. The molecule has 8 nitrogen and oxygen atoms in total. The van der Waals surface area contributed by atoms with E-state index in [1.54, 1.807) is 6.07 Å². The van der Waals surface area contributed by atoms with Gasteiger partial charge >= 0.3 is 12.0 Å². The normalized spacial score (nSPS) is 17.8. The zero-order valence-electron chi connectivity index (χ0n) is 10.5. The molecule has 1 heterocycles. The van der Waals surface area contributed by atoms with E-state index in [0.29, 0.717) is 19.4 Å². The quantitative estimate of drug-likeness (QED) is 0.645. The number of para-hydroxylation sites is 2. The van der Waals surface area contributed by atoms with E-state index in [9.17, 15) is 19.7 Å². The van der Waals surface area contributed by atoms with Crippen LogP contribution in [0.1, 0.15) is 12.8 Å². The zero-order chi connectivity index (χ0) is 14.7. The molecule has 1 aromatic rings. The summed E-state index contributed by atoms with van der Waals surface area (Å²) in [6.07, 6.45) is 0.987. The molecule has 8 heteroatoms. The lowest BCUT2D eigenvalue weighted by Crippen LogP contribution is -2.42. The third-order valence-electron chi connectivity index (χ3n) is 3.14. The number of rotatable bonds is 3. The van der Waals surface area contributed by atoms with E-state index in [0.717, 1.165) is 0 Å². The van der Waals surface area contributed by atoms with Gasteiger partial charge in [0.2, 0.25) is 0 Å². The molecule has 2 amide bonds. The fourth-order valence-corrected chi connectivity index (χ4v) is 2.19. The minimum Gasteiger partial charge on any atom is -0.480 e. The summed E-state index contributed by atoms with van der Waals surface area (Å²) in [7, 11) is 0. The predicted molar refractivity (Wildman–Crippen MR) is 69.5 cm³/mol. The fraction of sp³-hybridized carbons (Fsp3) is 0.333. The second kappa shape index (κ2) is 5.55. The van der Waals surface area contributed by atoms with Crippen LogP contribution in [0.15, 0.2) is 24.3 Å². The lowest BCUT2D eigenvalue weighted by molar-refractivity contribution is -0.383. The van der Waals surface area contributed by atoms with Gasteiger partial charge in [0.15, 0.2) is 0 Å². The molecular weight excluding hydrogens is 266 g/mol. The van der Waals surface area contributed by atoms with Crippen molar-refractivity contribution in [1.29, 1.82) is 0 Å². The minimum atomic E-state index is -1.07. The number of benzene rings is 1. The summed E-state index contributed by atoms with van der Waals surface area (Å²) in [5.74, 6) is -1.07. The Morgan fingerprint density at radius 2 is 2.10 bits per heavy atom. The van der Waals surface area contributed by atoms with Crippen LogP contribution in [-0.2, 0) is 4.79 Å². The van der Waals surface area contributed by atoms with Crippen molar-refractivity contribution in [1.82, 2.24) is 4.90 Å². The van der Waals surface area contributed by atoms with Gasteiger partial charge < -0.3 is 15.3 Å². The van der Waals surface area contributed by atoms with Gasteiger partial charge in [-0.05, 0) is 18.9 Å². The topological polar surface area (TPSA) is 113 Å². The number of carbonyl (C=O) groups excluding carboxylic acids is 1. The first-order valence-electron chi connectivity index (χ1n) is 6.04. The molecule has 2 rings (SSSR count). The van der Waals surface area contributed by atoms with Crippen molar-refractivity contribution in [2.75, 3.05) is 11.9 Å². The van der Waals surface area contributed by atoms with Crippen molar-refractivity contribution in [3.63, 3.8) is 0 Å². The van der Waals surface area contributed by atoms with Crippen molar-refractivity contribution in [2.45, 2.75) is 18.9 Å². The number of aliphatic carboxylic acids is 1. The number of nitrogens with zero attached hydrogens (tertiary/aromatic N) is 2. The summed E-state index contributed by atoms with van der Waals surface area (Å²) < 4.78 is 0. The Morgan fingerprint density at radius 1 is 1.40 bits per heavy atom. The number of nitro benzene ring substituents is 1. The summed E-state index contributed by atoms with van der Waals surface area (Å²) in [4.78, 5) is 34.5. The highest BCUT2D eigenvalue weighted by atomic mass is 16.6. The Balaban J connectivity index is 2.16. The molecule has 20 heavy (non-hydrogen) atoms. The first-order valence-corrected chi connectivity index (χ1v) is 6.04. The molecule has 2 N–H and O–H groups in total. The van der Waals surface area contributed by atoms with Crippen molar-refractivity contribution < 1.29 is 19.6 Å². The molecule has 1 fully saturated rings. The molecule has 1 aliphatic rings. The summed E-state index contributed by atoms with van der Waals surface area (Å²) in [5, 5.41) is 22.3. The van der Waals surface area contributed by atoms with Crippen LogP contribution in [0.5, 0.6) is 0 Å². The van der Waals surface area contributed by atoms with E-state index in [1.807, 2.05) is 0 Å². The monoisotopic (exact) mass is 279 g/mol. The molecule has 1 atom stereocenters. The van der Waals surface area contributed by atoms with E-state index in [1.165, 1.54) is 23.1 Å². The van der Waals surface area contributed by atoms with Crippen LogP contribution in [0.4, 0.5) is 16.2 Å². The number of nitrogens with one attached hydrogen (secondary N) is 1. The third-order valence-corrected chi connectivity index (χ3v) is 3.14. The van der Waals surface area contributed by atoms with E-state index in [2.05, 4.69) is 5.32 Å². The number of hydrogen-bond acceptors (Lipinski definition) is 4. The van der Waals surface area contributed by atoms with Crippen LogP contribution in [0.25, 0.3) is 0 Å². The van der Waals surface area contributed by atoms with Crippen LogP contribution in [-0.4, -0.2) is 39.5 Å². The number of carboxylic acids is 1. The Bertz CT molecular complexity index is 560. The van der Waals surface area contributed by atoms with Crippen molar-refractivity contribution in [2.24, 2.45) is 0 Å². The number of nitro groups is 1. The molecular formula is C12H13N3O5. The predicted octanol–water partition coefficient (Wildman–Crippen LogP) is 1.68. The second-order valence-corrected chi connectivity index (χ2v) is 4.39. The highest BCUT2D eigenvalue weighted by molar-refractivity contribution is 5.94. The molecule has 1 unspecified atom stereocenters. The largest absolute Gasteiger partial charge is 0.480 e. The molecule has 106 valence electrons. The second-order valence-electron chi connectivity index (χ2n) is 4.39. The summed E-state index contributed by atoms with van der Waals surface area (Å²) in [6, 6.07) is 4.21. The Hall–Kier alpha value is -2.64. The number of carboxylic acid groups (broad SMARTS) is 1. The fourth-order valence-electron chi connectivity index (χ4n) is 2.19. The van der Waals surface area contributed by atoms with E-state index in [-0.39, 0.29) is 11.4 Å². The maximum absolute atomic E-state index is 12.0. The number of hydrogen-bond donors (Lipinski definition) is 2. The van der Waals surface area contributed by atoms with E-state index >= 15 is 0 Å². The van der Waals surface area contributed by atoms with E-state index < -0.39 is 23.0 Å².